The standard InChI is InChI=1S/C12H21N3S/c1-3-5-13-11-4-7-15(9-11)10(2)12-14-6-8-16-12/h6,8,10-11,13H,3-5,7,9H2,1-2H3. The molecule has 0 saturated carbocycles. The van der Waals surface area contributed by atoms with Crippen LogP contribution in [-0.2, 0) is 0 Å². The van der Waals surface area contributed by atoms with Crippen molar-refractivity contribution in [2.24, 2.45) is 0 Å². The summed E-state index contributed by atoms with van der Waals surface area (Å²) in [6.07, 6.45) is 4.40. The summed E-state index contributed by atoms with van der Waals surface area (Å²) >= 11 is 1.76. The van der Waals surface area contributed by atoms with Gasteiger partial charge < -0.3 is 5.32 Å². The van der Waals surface area contributed by atoms with E-state index < -0.39 is 0 Å². The third-order valence-corrected chi connectivity index (χ3v) is 4.21. The third kappa shape index (κ3) is 2.81. The van der Waals surface area contributed by atoms with E-state index in [1.54, 1.807) is 11.3 Å². The second-order valence-corrected chi connectivity index (χ2v) is 5.41. The molecule has 4 heteroatoms. The summed E-state index contributed by atoms with van der Waals surface area (Å²) in [6, 6.07) is 1.16. The first-order valence-electron chi connectivity index (χ1n) is 6.18. The highest BCUT2D eigenvalue weighted by Gasteiger charge is 2.27. The Balaban J connectivity index is 1.84. The van der Waals surface area contributed by atoms with Gasteiger partial charge in [-0.2, -0.15) is 0 Å². The summed E-state index contributed by atoms with van der Waals surface area (Å²) in [5.74, 6) is 0. The van der Waals surface area contributed by atoms with Crippen LogP contribution < -0.4 is 5.32 Å². The Morgan fingerprint density at radius 3 is 3.25 bits per heavy atom. The number of hydrogen-bond acceptors (Lipinski definition) is 4. The number of aromatic nitrogens is 1. The smallest absolute Gasteiger partial charge is 0.109 e. The minimum Gasteiger partial charge on any atom is -0.313 e. The summed E-state index contributed by atoms with van der Waals surface area (Å²) in [7, 11) is 0. The quantitative estimate of drug-likeness (QED) is 0.854. The molecule has 2 rings (SSSR count). The van der Waals surface area contributed by atoms with Gasteiger partial charge >= 0.3 is 0 Å². The summed E-state index contributed by atoms with van der Waals surface area (Å²) in [5, 5.41) is 6.91. The van der Waals surface area contributed by atoms with Gasteiger partial charge in [0.2, 0.25) is 0 Å². The molecule has 2 atom stereocenters. The van der Waals surface area contributed by atoms with Crippen LogP contribution in [0.3, 0.4) is 0 Å². The Morgan fingerprint density at radius 2 is 2.56 bits per heavy atom. The molecule has 16 heavy (non-hydrogen) atoms. The van der Waals surface area contributed by atoms with Crippen LogP contribution in [0.5, 0.6) is 0 Å². The molecule has 0 aromatic carbocycles. The van der Waals surface area contributed by atoms with E-state index in [1.807, 2.05) is 6.20 Å². The average molecular weight is 239 g/mol. The molecule has 0 bridgehead atoms. The van der Waals surface area contributed by atoms with E-state index in [1.165, 1.54) is 30.9 Å². The van der Waals surface area contributed by atoms with E-state index in [0.717, 1.165) is 6.54 Å². The largest absolute Gasteiger partial charge is 0.313 e. The van der Waals surface area contributed by atoms with Crippen LogP contribution in [0, 0.1) is 0 Å². The second-order valence-electron chi connectivity index (χ2n) is 4.48. The van der Waals surface area contributed by atoms with Crippen LogP contribution in [-0.4, -0.2) is 35.6 Å². The van der Waals surface area contributed by atoms with Crippen molar-refractivity contribution in [3.63, 3.8) is 0 Å². The predicted molar refractivity (Wildman–Crippen MR) is 68.8 cm³/mol. The van der Waals surface area contributed by atoms with E-state index >= 15 is 0 Å². The summed E-state index contributed by atoms with van der Waals surface area (Å²) in [4.78, 5) is 6.94. The van der Waals surface area contributed by atoms with Crippen LogP contribution >= 0.6 is 11.3 Å². The first-order valence-corrected chi connectivity index (χ1v) is 7.06. The number of hydrogen-bond donors (Lipinski definition) is 1. The molecule has 0 aliphatic carbocycles. The lowest BCUT2D eigenvalue weighted by Gasteiger charge is -2.22. The number of likely N-dealkylation sites (tertiary alicyclic amines) is 1. The Kier molecular flexibility index (Phi) is 4.32. The summed E-state index contributed by atoms with van der Waals surface area (Å²) in [5.41, 5.74) is 0. The van der Waals surface area contributed by atoms with E-state index in [4.69, 9.17) is 0 Å². The Labute approximate surface area is 102 Å². The van der Waals surface area contributed by atoms with Crippen LogP contribution in [0.4, 0.5) is 0 Å². The average Bonchev–Trinajstić information content (AvgIpc) is 2.96. The molecule has 1 N–H and O–H groups in total. The van der Waals surface area contributed by atoms with Crippen LogP contribution in [0.2, 0.25) is 0 Å². The number of thiazole rings is 1. The molecule has 2 heterocycles. The first kappa shape index (κ1) is 12.0. The lowest BCUT2D eigenvalue weighted by molar-refractivity contribution is 0.255. The molecule has 0 radical (unpaired) electrons. The zero-order valence-corrected chi connectivity index (χ0v) is 11.0. The maximum atomic E-state index is 4.40. The normalized spacial score (nSPS) is 23.8. The lowest BCUT2D eigenvalue weighted by Crippen LogP contribution is -2.33. The fourth-order valence-electron chi connectivity index (χ4n) is 2.25. The van der Waals surface area contributed by atoms with E-state index in [-0.39, 0.29) is 0 Å². The predicted octanol–water partition coefficient (Wildman–Crippen LogP) is 2.28. The van der Waals surface area contributed by atoms with Crippen molar-refractivity contribution in [3.05, 3.63) is 16.6 Å². The topological polar surface area (TPSA) is 28.2 Å². The monoisotopic (exact) mass is 239 g/mol. The van der Waals surface area contributed by atoms with Crippen LogP contribution in [0.1, 0.15) is 37.7 Å². The van der Waals surface area contributed by atoms with Gasteiger partial charge in [0.15, 0.2) is 0 Å². The zero-order chi connectivity index (χ0) is 11.4. The molecule has 0 spiro atoms. The van der Waals surface area contributed by atoms with Gasteiger partial charge in [-0.15, -0.1) is 11.3 Å². The SMILES string of the molecule is CCCNC1CCN(C(C)c2nccs2)C1. The highest BCUT2D eigenvalue weighted by atomic mass is 32.1. The first-order chi connectivity index (χ1) is 7.81. The summed E-state index contributed by atoms with van der Waals surface area (Å²) in [6.45, 7) is 7.99. The Morgan fingerprint density at radius 1 is 1.69 bits per heavy atom. The van der Waals surface area contributed by atoms with Crippen LogP contribution in [0.15, 0.2) is 11.6 Å². The molecule has 1 aromatic rings. The van der Waals surface area contributed by atoms with Crippen molar-refractivity contribution in [2.45, 2.75) is 38.8 Å². The molecule has 1 saturated heterocycles. The van der Waals surface area contributed by atoms with Crippen molar-refractivity contribution >= 4 is 11.3 Å². The fourth-order valence-corrected chi connectivity index (χ4v) is 2.98. The number of rotatable bonds is 5. The highest BCUT2D eigenvalue weighted by Crippen LogP contribution is 2.25. The minimum absolute atomic E-state index is 0.480. The fraction of sp³-hybridized carbons (Fsp3) is 0.750. The molecule has 1 aliphatic heterocycles. The van der Waals surface area contributed by atoms with E-state index in [9.17, 15) is 0 Å². The van der Waals surface area contributed by atoms with E-state index in [2.05, 4.69) is 34.4 Å². The van der Waals surface area contributed by atoms with Crippen LogP contribution in [0.25, 0.3) is 0 Å². The van der Waals surface area contributed by atoms with Crippen molar-refractivity contribution < 1.29 is 0 Å². The molecule has 1 fully saturated rings. The van der Waals surface area contributed by atoms with Gasteiger partial charge in [0, 0.05) is 30.7 Å². The molecule has 0 amide bonds. The molecule has 90 valence electrons. The lowest BCUT2D eigenvalue weighted by atomic mass is 10.2. The minimum atomic E-state index is 0.480. The van der Waals surface area contributed by atoms with Gasteiger partial charge in [0.1, 0.15) is 5.01 Å². The van der Waals surface area contributed by atoms with Gasteiger partial charge in [-0.25, -0.2) is 4.98 Å². The third-order valence-electron chi connectivity index (χ3n) is 3.26. The van der Waals surface area contributed by atoms with Gasteiger partial charge in [-0.1, -0.05) is 6.92 Å². The van der Waals surface area contributed by atoms with Gasteiger partial charge in [0.25, 0.3) is 0 Å². The molecule has 1 aromatic heterocycles. The second kappa shape index (κ2) is 5.75. The maximum absolute atomic E-state index is 4.40. The molecular formula is C12H21N3S. The molecule has 3 nitrogen and oxygen atoms in total. The molecule has 2 unspecified atom stereocenters. The zero-order valence-electron chi connectivity index (χ0n) is 10.1. The van der Waals surface area contributed by atoms with Gasteiger partial charge in [-0.05, 0) is 26.3 Å². The highest BCUT2D eigenvalue weighted by molar-refractivity contribution is 7.09. The Hall–Kier alpha value is -0.450. The number of nitrogens with zero attached hydrogens (tertiary/aromatic N) is 2. The van der Waals surface area contributed by atoms with Crippen molar-refractivity contribution in [3.8, 4) is 0 Å². The van der Waals surface area contributed by atoms with Crippen molar-refractivity contribution in [1.29, 1.82) is 0 Å². The molecule has 1 aliphatic rings. The van der Waals surface area contributed by atoms with E-state index in [0.29, 0.717) is 12.1 Å². The molecular weight excluding hydrogens is 218 g/mol. The Bertz CT molecular complexity index is 299. The van der Waals surface area contributed by atoms with Crippen molar-refractivity contribution in [2.75, 3.05) is 19.6 Å². The number of nitrogens with one attached hydrogen (secondary N) is 1. The van der Waals surface area contributed by atoms with Crippen molar-refractivity contribution in [1.82, 2.24) is 15.2 Å². The summed E-state index contributed by atoms with van der Waals surface area (Å²) < 4.78 is 0. The van der Waals surface area contributed by atoms with Gasteiger partial charge in [-0.3, -0.25) is 4.90 Å². The van der Waals surface area contributed by atoms with Gasteiger partial charge in [0.05, 0.1) is 6.04 Å². The maximum Gasteiger partial charge on any atom is 0.109 e.